The summed E-state index contributed by atoms with van der Waals surface area (Å²) in [6.45, 7) is 0.250. The van der Waals surface area contributed by atoms with Crippen LogP contribution in [0.3, 0.4) is 0 Å². The molecule has 0 aliphatic heterocycles. The fraction of sp³-hybridized carbons (Fsp3) is 0.400. The maximum absolute atomic E-state index is 11.3. The summed E-state index contributed by atoms with van der Waals surface area (Å²) in [5, 5.41) is 8.48. The second-order valence-corrected chi connectivity index (χ2v) is 3.02. The third-order valence-corrected chi connectivity index (χ3v) is 1.75. The molecule has 5 heteroatoms. The Morgan fingerprint density at radius 1 is 1.60 bits per heavy atom. The minimum Gasteiger partial charge on any atom is -0.447 e. The van der Waals surface area contributed by atoms with E-state index in [-0.39, 0.29) is 13.2 Å². The van der Waals surface area contributed by atoms with E-state index in [0.29, 0.717) is 6.54 Å². The quantitative estimate of drug-likeness (QED) is 0.792. The monoisotopic (exact) mass is 210 g/mol. The molecule has 0 bridgehead atoms. The molecule has 1 aromatic heterocycles. The van der Waals surface area contributed by atoms with Crippen molar-refractivity contribution in [3.8, 4) is 0 Å². The summed E-state index contributed by atoms with van der Waals surface area (Å²) >= 11 is 0. The molecule has 0 aliphatic carbocycles. The lowest BCUT2D eigenvalue weighted by atomic mass is 10.3. The smallest absolute Gasteiger partial charge is 0.409 e. The Morgan fingerprint density at radius 2 is 2.40 bits per heavy atom. The van der Waals surface area contributed by atoms with Gasteiger partial charge in [0.05, 0.1) is 18.8 Å². The van der Waals surface area contributed by atoms with Gasteiger partial charge < -0.3 is 14.7 Å². The number of aromatic nitrogens is 1. The number of carbonyl (C=O) groups is 1. The van der Waals surface area contributed by atoms with Crippen LogP contribution in [0.4, 0.5) is 4.79 Å². The fourth-order valence-electron chi connectivity index (χ4n) is 1.04. The average Bonchev–Trinajstić information content (AvgIpc) is 2.27. The number of aliphatic hydroxyl groups is 1. The molecule has 0 saturated heterocycles. The normalized spacial score (nSPS) is 9.73. The molecule has 15 heavy (non-hydrogen) atoms. The zero-order chi connectivity index (χ0) is 11.1. The lowest BCUT2D eigenvalue weighted by Gasteiger charge is -2.15. The molecule has 1 amide bonds. The van der Waals surface area contributed by atoms with Crippen LogP contribution in [0.15, 0.2) is 24.4 Å². The van der Waals surface area contributed by atoms with E-state index in [9.17, 15) is 4.79 Å². The lowest BCUT2D eigenvalue weighted by Crippen LogP contribution is -2.28. The van der Waals surface area contributed by atoms with Crippen LogP contribution in [-0.2, 0) is 11.3 Å². The molecule has 1 heterocycles. The van der Waals surface area contributed by atoms with E-state index in [1.54, 1.807) is 13.2 Å². The summed E-state index contributed by atoms with van der Waals surface area (Å²) in [5.74, 6) is 0. The first-order valence-electron chi connectivity index (χ1n) is 4.62. The highest BCUT2D eigenvalue weighted by atomic mass is 16.6. The van der Waals surface area contributed by atoms with Crippen LogP contribution in [-0.4, -0.2) is 41.3 Å². The predicted molar refractivity (Wildman–Crippen MR) is 54.1 cm³/mol. The van der Waals surface area contributed by atoms with Gasteiger partial charge in [-0.25, -0.2) is 4.79 Å². The van der Waals surface area contributed by atoms with Crippen LogP contribution in [0.5, 0.6) is 0 Å². The largest absolute Gasteiger partial charge is 0.447 e. The number of hydrogen-bond donors (Lipinski definition) is 1. The molecular weight excluding hydrogens is 196 g/mol. The van der Waals surface area contributed by atoms with Gasteiger partial charge in [-0.2, -0.15) is 0 Å². The van der Waals surface area contributed by atoms with E-state index in [0.717, 1.165) is 5.69 Å². The number of pyridine rings is 1. The molecule has 0 atom stereocenters. The van der Waals surface area contributed by atoms with E-state index in [4.69, 9.17) is 9.84 Å². The van der Waals surface area contributed by atoms with Gasteiger partial charge in [0.25, 0.3) is 0 Å². The highest BCUT2D eigenvalue weighted by Crippen LogP contribution is 2.00. The van der Waals surface area contributed by atoms with Gasteiger partial charge in [0.15, 0.2) is 0 Å². The number of aliphatic hydroxyl groups excluding tert-OH is 1. The van der Waals surface area contributed by atoms with Crippen molar-refractivity contribution in [2.24, 2.45) is 0 Å². The first-order chi connectivity index (χ1) is 7.24. The van der Waals surface area contributed by atoms with Crippen molar-refractivity contribution in [1.29, 1.82) is 0 Å². The second-order valence-electron chi connectivity index (χ2n) is 3.02. The van der Waals surface area contributed by atoms with E-state index in [2.05, 4.69) is 4.98 Å². The Bertz CT molecular complexity index is 303. The third kappa shape index (κ3) is 3.95. The first-order valence-corrected chi connectivity index (χ1v) is 4.62. The van der Waals surface area contributed by atoms with Gasteiger partial charge in [0, 0.05) is 13.2 Å². The molecular formula is C10H14N2O3. The molecule has 82 valence electrons. The van der Waals surface area contributed by atoms with Crippen LogP contribution in [0.1, 0.15) is 5.69 Å². The average molecular weight is 210 g/mol. The SMILES string of the molecule is CN(Cc1ccccn1)C(=O)OCCO. The van der Waals surface area contributed by atoms with Crippen LogP contribution < -0.4 is 0 Å². The van der Waals surface area contributed by atoms with Crippen LogP contribution in [0.25, 0.3) is 0 Å². The maximum atomic E-state index is 11.3. The van der Waals surface area contributed by atoms with Gasteiger partial charge >= 0.3 is 6.09 Å². The number of ether oxygens (including phenoxy) is 1. The summed E-state index contributed by atoms with van der Waals surface area (Å²) in [7, 11) is 1.62. The molecule has 1 aromatic rings. The minimum atomic E-state index is -0.463. The molecule has 0 spiro atoms. The van der Waals surface area contributed by atoms with Crippen molar-refractivity contribution in [1.82, 2.24) is 9.88 Å². The minimum absolute atomic E-state index is 0.0192. The molecule has 5 nitrogen and oxygen atoms in total. The Hall–Kier alpha value is -1.62. The molecule has 0 radical (unpaired) electrons. The molecule has 0 fully saturated rings. The predicted octanol–water partition coefficient (Wildman–Crippen LogP) is 0.642. The molecule has 0 aliphatic rings. The molecule has 1 N–H and O–H groups in total. The molecule has 0 aromatic carbocycles. The number of rotatable bonds is 4. The summed E-state index contributed by atoms with van der Waals surface area (Å²) < 4.78 is 4.73. The zero-order valence-corrected chi connectivity index (χ0v) is 8.59. The number of hydrogen-bond acceptors (Lipinski definition) is 4. The van der Waals surface area contributed by atoms with Gasteiger partial charge in [-0.05, 0) is 12.1 Å². The Labute approximate surface area is 88.3 Å². The van der Waals surface area contributed by atoms with Gasteiger partial charge in [0.2, 0.25) is 0 Å². The highest BCUT2D eigenvalue weighted by Gasteiger charge is 2.10. The van der Waals surface area contributed by atoms with Crippen LogP contribution in [0, 0.1) is 0 Å². The third-order valence-electron chi connectivity index (χ3n) is 1.75. The van der Waals surface area contributed by atoms with Crippen molar-refractivity contribution in [2.45, 2.75) is 6.54 Å². The Morgan fingerprint density at radius 3 is 3.00 bits per heavy atom. The van der Waals surface area contributed by atoms with Gasteiger partial charge in [-0.1, -0.05) is 6.07 Å². The maximum Gasteiger partial charge on any atom is 0.409 e. The molecule has 0 saturated carbocycles. The van der Waals surface area contributed by atoms with E-state index >= 15 is 0 Å². The van der Waals surface area contributed by atoms with Gasteiger partial charge in [-0.3, -0.25) is 4.98 Å². The van der Waals surface area contributed by atoms with Crippen molar-refractivity contribution in [3.05, 3.63) is 30.1 Å². The first kappa shape index (κ1) is 11.5. The van der Waals surface area contributed by atoms with E-state index in [1.807, 2.05) is 18.2 Å². The van der Waals surface area contributed by atoms with Gasteiger partial charge in [-0.15, -0.1) is 0 Å². The second kappa shape index (κ2) is 5.98. The Balaban J connectivity index is 2.41. The molecule has 1 rings (SSSR count). The van der Waals surface area contributed by atoms with Crippen LogP contribution >= 0.6 is 0 Å². The lowest BCUT2D eigenvalue weighted by molar-refractivity contribution is 0.0891. The number of amides is 1. The zero-order valence-electron chi connectivity index (χ0n) is 8.59. The van der Waals surface area contributed by atoms with E-state index in [1.165, 1.54) is 4.90 Å². The van der Waals surface area contributed by atoms with Crippen molar-refractivity contribution < 1.29 is 14.6 Å². The molecule has 0 unspecified atom stereocenters. The summed E-state index contributed by atoms with van der Waals surface area (Å²) in [6, 6.07) is 5.50. The van der Waals surface area contributed by atoms with Crippen molar-refractivity contribution in [3.63, 3.8) is 0 Å². The number of nitrogens with zero attached hydrogens (tertiary/aromatic N) is 2. The van der Waals surface area contributed by atoms with Crippen LogP contribution in [0.2, 0.25) is 0 Å². The van der Waals surface area contributed by atoms with Gasteiger partial charge in [0.1, 0.15) is 6.61 Å². The van der Waals surface area contributed by atoms with Crippen molar-refractivity contribution in [2.75, 3.05) is 20.3 Å². The highest BCUT2D eigenvalue weighted by molar-refractivity contribution is 5.67. The summed E-state index contributed by atoms with van der Waals surface area (Å²) in [5.41, 5.74) is 0.793. The van der Waals surface area contributed by atoms with Crippen molar-refractivity contribution >= 4 is 6.09 Å². The van der Waals surface area contributed by atoms with E-state index < -0.39 is 6.09 Å². The Kier molecular flexibility index (Phi) is 4.56. The summed E-state index contributed by atoms with van der Waals surface area (Å²) in [6.07, 6.45) is 1.21. The number of carbonyl (C=O) groups excluding carboxylic acids is 1. The summed E-state index contributed by atoms with van der Waals surface area (Å²) in [4.78, 5) is 16.8. The fourth-order valence-corrected chi connectivity index (χ4v) is 1.04. The topological polar surface area (TPSA) is 62.7 Å². The standard InChI is InChI=1S/C10H14N2O3/c1-12(10(14)15-7-6-13)8-9-4-2-3-5-11-9/h2-5,13H,6-8H2,1H3.